The van der Waals surface area contributed by atoms with E-state index < -0.39 is 0 Å². The molecule has 0 spiro atoms. The second-order valence-electron chi connectivity index (χ2n) is 1.80. The fourth-order valence-corrected chi connectivity index (χ4v) is 0.372. The van der Waals surface area contributed by atoms with Crippen LogP contribution in [0.4, 0.5) is 0 Å². The van der Waals surface area contributed by atoms with Gasteiger partial charge in [0.15, 0.2) is 0 Å². The van der Waals surface area contributed by atoms with Gasteiger partial charge in [-0.3, -0.25) is 4.79 Å². The van der Waals surface area contributed by atoms with Gasteiger partial charge in [0, 0.05) is 6.04 Å². The van der Waals surface area contributed by atoms with E-state index >= 15 is 0 Å². The summed E-state index contributed by atoms with van der Waals surface area (Å²) in [5, 5.41) is 2.60. The molecule has 0 aromatic heterocycles. The molecule has 0 aliphatic heterocycles. The fraction of sp³-hybridized carbons (Fsp3) is 0.500. The molecule has 0 saturated carbocycles. The maximum absolute atomic E-state index is 10.5. The van der Waals surface area contributed by atoms with Crippen LogP contribution in [0.3, 0.4) is 0 Å². The Morgan fingerprint density at radius 2 is 2.56 bits per heavy atom. The highest BCUT2D eigenvalue weighted by molar-refractivity contribution is 5.78. The summed E-state index contributed by atoms with van der Waals surface area (Å²) in [6.45, 7) is 5.37. The van der Waals surface area contributed by atoms with E-state index in [1.807, 2.05) is 6.92 Å². The van der Waals surface area contributed by atoms with Crippen LogP contribution in [0.25, 0.3) is 0 Å². The van der Waals surface area contributed by atoms with Gasteiger partial charge >= 0.3 is 0 Å². The van der Waals surface area contributed by atoms with Crippen LogP contribution < -0.4 is 11.1 Å². The Hall–Kier alpha value is -0.830. The molecule has 0 aromatic rings. The Labute approximate surface area is 54.9 Å². The van der Waals surface area contributed by atoms with Crippen molar-refractivity contribution in [3.05, 3.63) is 12.7 Å². The highest BCUT2D eigenvalue weighted by Crippen LogP contribution is 1.78. The molecule has 0 rings (SSSR count). The lowest BCUT2D eigenvalue weighted by atomic mass is 10.3. The first-order chi connectivity index (χ1) is 4.20. The minimum absolute atomic E-state index is 0.0149. The number of hydrogen-bond donors (Lipinski definition) is 2. The van der Waals surface area contributed by atoms with Gasteiger partial charge in [-0.05, 0) is 6.92 Å². The predicted molar refractivity (Wildman–Crippen MR) is 36.9 cm³/mol. The van der Waals surface area contributed by atoms with Gasteiger partial charge in [-0.15, -0.1) is 6.58 Å². The lowest BCUT2D eigenvalue weighted by Crippen LogP contribution is -2.35. The molecular weight excluding hydrogens is 116 g/mol. The summed E-state index contributed by atoms with van der Waals surface area (Å²) in [6.07, 6.45) is 1.65. The van der Waals surface area contributed by atoms with Crippen molar-refractivity contribution in [1.82, 2.24) is 5.32 Å². The zero-order valence-electron chi connectivity index (χ0n) is 5.55. The Balaban J connectivity index is 3.46. The molecule has 1 atom stereocenters. The summed E-state index contributed by atoms with van der Waals surface area (Å²) in [4.78, 5) is 10.5. The van der Waals surface area contributed by atoms with Crippen molar-refractivity contribution >= 4 is 5.91 Å². The maximum atomic E-state index is 10.5. The molecule has 3 heteroatoms. The van der Waals surface area contributed by atoms with Gasteiger partial charge in [0.2, 0.25) is 5.91 Å². The molecule has 0 aliphatic rings. The van der Waals surface area contributed by atoms with Crippen molar-refractivity contribution in [3.8, 4) is 0 Å². The van der Waals surface area contributed by atoms with Crippen molar-refractivity contribution in [2.75, 3.05) is 6.54 Å². The first kappa shape index (κ1) is 8.17. The highest BCUT2D eigenvalue weighted by atomic mass is 16.1. The fourth-order valence-electron chi connectivity index (χ4n) is 0.372. The Bertz CT molecular complexity index is 112. The molecule has 0 saturated heterocycles. The van der Waals surface area contributed by atoms with Gasteiger partial charge in [0.25, 0.3) is 0 Å². The number of hydrogen-bond acceptors (Lipinski definition) is 2. The standard InChI is InChI=1S/C6H12N2O/c1-3-5(2)8-6(9)4-7/h3,5H,1,4,7H2,2H3,(H,8,9). The van der Waals surface area contributed by atoms with Crippen LogP contribution in [0.5, 0.6) is 0 Å². The predicted octanol–water partition coefficient (Wildman–Crippen LogP) is -0.364. The topological polar surface area (TPSA) is 55.1 Å². The van der Waals surface area contributed by atoms with Crippen LogP contribution >= 0.6 is 0 Å². The lowest BCUT2D eigenvalue weighted by Gasteiger charge is -2.06. The van der Waals surface area contributed by atoms with E-state index in [1.165, 1.54) is 0 Å². The van der Waals surface area contributed by atoms with Crippen molar-refractivity contribution in [2.24, 2.45) is 5.73 Å². The molecule has 0 heterocycles. The van der Waals surface area contributed by atoms with Crippen LogP contribution in [0.2, 0.25) is 0 Å². The number of carbonyl (C=O) groups excluding carboxylic acids is 1. The normalized spacial score (nSPS) is 12.2. The molecule has 0 radical (unpaired) electrons. The summed E-state index contributed by atoms with van der Waals surface area (Å²) in [5.74, 6) is -0.151. The van der Waals surface area contributed by atoms with Gasteiger partial charge in [0.1, 0.15) is 0 Å². The number of carbonyl (C=O) groups is 1. The molecule has 3 N–H and O–H groups in total. The Morgan fingerprint density at radius 1 is 2.00 bits per heavy atom. The van der Waals surface area contributed by atoms with E-state index in [9.17, 15) is 4.79 Å². The summed E-state index contributed by atoms with van der Waals surface area (Å²) in [6, 6.07) is 0.0149. The Morgan fingerprint density at radius 3 is 2.89 bits per heavy atom. The van der Waals surface area contributed by atoms with E-state index in [1.54, 1.807) is 6.08 Å². The molecule has 0 aliphatic carbocycles. The zero-order chi connectivity index (χ0) is 7.28. The number of nitrogens with two attached hydrogens (primary N) is 1. The first-order valence-corrected chi connectivity index (χ1v) is 2.82. The molecule has 9 heavy (non-hydrogen) atoms. The minimum atomic E-state index is -0.151. The third-order valence-corrected chi connectivity index (χ3v) is 0.928. The maximum Gasteiger partial charge on any atom is 0.234 e. The van der Waals surface area contributed by atoms with Crippen LogP contribution in [-0.2, 0) is 4.79 Å². The van der Waals surface area contributed by atoms with Crippen molar-refractivity contribution in [3.63, 3.8) is 0 Å². The third kappa shape index (κ3) is 3.73. The molecular formula is C6H12N2O. The average Bonchev–Trinajstić information content (AvgIpc) is 1.87. The van der Waals surface area contributed by atoms with E-state index in [0.717, 1.165) is 0 Å². The van der Waals surface area contributed by atoms with Gasteiger partial charge in [0.05, 0.1) is 6.54 Å². The summed E-state index contributed by atoms with van der Waals surface area (Å²) >= 11 is 0. The molecule has 1 amide bonds. The zero-order valence-corrected chi connectivity index (χ0v) is 5.55. The van der Waals surface area contributed by atoms with E-state index in [4.69, 9.17) is 5.73 Å². The molecule has 1 unspecified atom stereocenters. The second-order valence-corrected chi connectivity index (χ2v) is 1.80. The lowest BCUT2D eigenvalue weighted by molar-refractivity contribution is -0.120. The van der Waals surface area contributed by atoms with E-state index in [2.05, 4.69) is 11.9 Å². The van der Waals surface area contributed by atoms with Gasteiger partial charge < -0.3 is 11.1 Å². The number of amides is 1. The third-order valence-electron chi connectivity index (χ3n) is 0.928. The monoisotopic (exact) mass is 128 g/mol. The average molecular weight is 128 g/mol. The molecule has 0 fully saturated rings. The molecule has 52 valence electrons. The second kappa shape index (κ2) is 4.09. The smallest absolute Gasteiger partial charge is 0.234 e. The molecule has 0 aromatic carbocycles. The van der Waals surface area contributed by atoms with Crippen LogP contribution in [0.1, 0.15) is 6.92 Å². The van der Waals surface area contributed by atoms with Gasteiger partial charge in [-0.1, -0.05) is 6.08 Å². The van der Waals surface area contributed by atoms with E-state index in [0.29, 0.717) is 0 Å². The van der Waals surface area contributed by atoms with Crippen LogP contribution in [0.15, 0.2) is 12.7 Å². The van der Waals surface area contributed by atoms with Gasteiger partial charge in [-0.25, -0.2) is 0 Å². The molecule has 0 bridgehead atoms. The number of nitrogens with one attached hydrogen (secondary N) is 1. The van der Waals surface area contributed by atoms with Crippen molar-refractivity contribution in [1.29, 1.82) is 0 Å². The highest BCUT2D eigenvalue weighted by Gasteiger charge is 1.98. The quantitative estimate of drug-likeness (QED) is 0.510. The van der Waals surface area contributed by atoms with Crippen LogP contribution in [0, 0.1) is 0 Å². The number of rotatable bonds is 3. The van der Waals surface area contributed by atoms with Crippen molar-refractivity contribution < 1.29 is 4.79 Å². The summed E-state index contributed by atoms with van der Waals surface area (Å²) < 4.78 is 0. The van der Waals surface area contributed by atoms with Crippen LogP contribution in [-0.4, -0.2) is 18.5 Å². The summed E-state index contributed by atoms with van der Waals surface area (Å²) in [7, 11) is 0. The summed E-state index contributed by atoms with van der Waals surface area (Å²) in [5.41, 5.74) is 5.03. The Kier molecular flexibility index (Phi) is 3.71. The first-order valence-electron chi connectivity index (χ1n) is 2.82. The van der Waals surface area contributed by atoms with Crippen molar-refractivity contribution in [2.45, 2.75) is 13.0 Å². The van der Waals surface area contributed by atoms with E-state index in [-0.39, 0.29) is 18.5 Å². The minimum Gasteiger partial charge on any atom is -0.349 e. The largest absolute Gasteiger partial charge is 0.349 e. The molecule has 3 nitrogen and oxygen atoms in total. The van der Waals surface area contributed by atoms with Gasteiger partial charge in [-0.2, -0.15) is 0 Å². The SMILES string of the molecule is C=CC(C)NC(=O)CN.